The molecule has 1 aliphatic rings. The Morgan fingerprint density at radius 1 is 1.07 bits per heavy atom. The van der Waals surface area contributed by atoms with E-state index in [4.69, 9.17) is 12.2 Å². The van der Waals surface area contributed by atoms with Gasteiger partial charge in [0, 0.05) is 31.9 Å². The molecule has 0 saturated carbocycles. The lowest BCUT2D eigenvalue weighted by Crippen LogP contribution is -2.47. The number of aromatic nitrogens is 2. The van der Waals surface area contributed by atoms with E-state index in [1.54, 1.807) is 6.07 Å². The van der Waals surface area contributed by atoms with Gasteiger partial charge in [-0.1, -0.05) is 49.4 Å². The molecule has 8 heteroatoms. The number of piperazine rings is 1. The highest BCUT2D eigenvalue weighted by molar-refractivity contribution is 7.73. The van der Waals surface area contributed by atoms with Gasteiger partial charge in [0.25, 0.3) is 0 Å². The van der Waals surface area contributed by atoms with Crippen molar-refractivity contribution in [3.05, 3.63) is 63.9 Å². The van der Waals surface area contributed by atoms with Gasteiger partial charge < -0.3 is 10.2 Å². The Balaban J connectivity index is 1.35. The minimum atomic E-state index is -0.162. The summed E-state index contributed by atoms with van der Waals surface area (Å²) in [6.07, 6.45) is 0. The van der Waals surface area contributed by atoms with Crippen LogP contribution in [0.15, 0.2) is 48.5 Å². The Kier molecular flexibility index (Phi) is 6.46. The monoisotopic (exact) mass is 443 g/mol. The van der Waals surface area contributed by atoms with Gasteiger partial charge in [0.05, 0.1) is 12.4 Å². The first kappa shape index (κ1) is 21.0. The molecular weight excluding hydrogens is 417 g/mol. The molecule has 2 aromatic carbocycles. The summed E-state index contributed by atoms with van der Waals surface area (Å²) in [4.78, 5) is 4.40. The third kappa shape index (κ3) is 4.88. The quantitative estimate of drug-likeness (QED) is 0.512. The Hall–Kier alpha value is -2.29. The maximum absolute atomic E-state index is 14.0. The summed E-state index contributed by atoms with van der Waals surface area (Å²) in [6, 6.07) is 15.4. The molecule has 0 spiro atoms. The first-order valence-corrected chi connectivity index (χ1v) is 11.4. The van der Waals surface area contributed by atoms with Crippen LogP contribution in [-0.4, -0.2) is 40.9 Å². The van der Waals surface area contributed by atoms with E-state index in [0.717, 1.165) is 41.0 Å². The van der Waals surface area contributed by atoms with Crippen LogP contribution in [0.25, 0.3) is 0 Å². The molecule has 5 nitrogen and oxygen atoms in total. The second-order valence-electron chi connectivity index (χ2n) is 7.77. The molecule has 2 heterocycles. The van der Waals surface area contributed by atoms with Crippen LogP contribution in [0.4, 0.5) is 20.9 Å². The van der Waals surface area contributed by atoms with Gasteiger partial charge in [0.1, 0.15) is 5.82 Å². The number of rotatable bonds is 6. The van der Waals surface area contributed by atoms with E-state index in [9.17, 15) is 4.39 Å². The number of hydrogen-bond acceptors (Lipinski definition) is 6. The maximum Gasteiger partial charge on any atom is 0.209 e. The molecule has 158 valence electrons. The minimum Gasteiger partial charge on any atom is -0.367 e. The van der Waals surface area contributed by atoms with Gasteiger partial charge in [0.15, 0.2) is 3.95 Å². The van der Waals surface area contributed by atoms with Crippen molar-refractivity contribution in [2.24, 2.45) is 0 Å². The summed E-state index contributed by atoms with van der Waals surface area (Å²) in [5, 5.41) is 8.80. The third-order valence-corrected chi connectivity index (χ3v) is 6.56. The molecule has 0 atom stereocenters. The number of nitrogens with zero attached hydrogens (tertiary/aromatic N) is 4. The van der Waals surface area contributed by atoms with Gasteiger partial charge in [0.2, 0.25) is 5.13 Å². The van der Waals surface area contributed by atoms with E-state index >= 15 is 0 Å². The first-order valence-electron chi connectivity index (χ1n) is 10.2. The topological polar surface area (TPSA) is 36.3 Å². The van der Waals surface area contributed by atoms with Crippen molar-refractivity contribution >= 4 is 40.1 Å². The van der Waals surface area contributed by atoms with Crippen molar-refractivity contribution in [3.8, 4) is 0 Å². The smallest absolute Gasteiger partial charge is 0.209 e. The standard InChI is InChI=1S/C22H26FN5S2/c1-16(2)17-7-9-18(10-8-17)24-21-25-28(22(29)30-21)15-26-11-13-27(14-12-26)20-6-4-3-5-19(20)23/h3-10,16H,11-15H2,1-2H3,(H,24,25). The highest BCUT2D eigenvalue weighted by Crippen LogP contribution is 2.24. The minimum absolute atomic E-state index is 0.162. The summed E-state index contributed by atoms with van der Waals surface area (Å²) < 4.78 is 16.6. The van der Waals surface area contributed by atoms with Gasteiger partial charge >= 0.3 is 0 Å². The number of hydrogen-bond donors (Lipinski definition) is 1. The SMILES string of the molecule is CC(C)c1ccc(Nc2nn(CN3CCN(c4ccccc4F)CC3)c(=S)s2)cc1. The van der Waals surface area contributed by atoms with Crippen molar-refractivity contribution in [1.82, 2.24) is 14.7 Å². The van der Waals surface area contributed by atoms with Crippen molar-refractivity contribution in [1.29, 1.82) is 0 Å². The Labute approximate surface area is 185 Å². The molecule has 0 bridgehead atoms. The van der Waals surface area contributed by atoms with E-state index in [0.29, 0.717) is 18.3 Å². The van der Waals surface area contributed by atoms with Gasteiger partial charge in [-0.15, -0.1) is 5.10 Å². The fourth-order valence-corrected chi connectivity index (χ4v) is 4.56. The molecule has 1 N–H and O–H groups in total. The van der Waals surface area contributed by atoms with Crippen LogP contribution in [0.5, 0.6) is 0 Å². The summed E-state index contributed by atoms with van der Waals surface area (Å²) in [5.74, 6) is 0.351. The molecule has 0 unspecified atom stereocenters. The van der Waals surface area contributed by atoms with Crippen molar-refractivity contribution < 1.29 is 4.39 Å². The Morgan fingerprint density at radius 3 is 2.43 bits per heavy atom. The summed E-state index contributed by atoms with van der Waals surface area (Å²) in [5.41, 5.74) is 3.00. The normalized spacial score (nSPS) is 15.0. The fraction of sp³-hybridized carbons (Fsp3) is 0.364. The van der Waals surface area contributed by atoms with Crippen LogP contribution in [0.2, 0.25) is 0 Å². The molecule has 1 aliphatic heterocycles. The van der Waals surface area contributed by atoms with Crippen LogP contribution in [0, 0.1) is 9.77 Å². The molecule has 0 radical (unpaired) electrons. The molecule has 1 saturated heterocycles. The second-order valence-corrected chi connectivity index (χ2v) is 9.39. The van der Waals surface area contributed by atoms with Gasteiger partial charge in [-0.05, 0) is 48.0 Å². The number of benzene rings is 2. The molecule has 1 aromatic heterocycles. The van der Waals surface area contributed by atoms with Crippen LogP contribution in [-0.2, 0) is 6.67 Å². The number of para-hydroxylation sites is 1. The van der Waals surface area contributed by atoms with Gasteiger partial charge in [-0.2, -0.15) is 0 Å². The lowest BCUT2D eigenvalue weighted by molar-refractivity contribution is 0.195. The number of halogens is 1. The van der Waals surface area contributed by atoms with E-state index in [-0.39, 0.29) is 5.82 Å². The molecule has 0 aliphatic carbocycles. The summed E-state index contributed by atoms with van der Waals surface area (Å²) in [6.45, 7) is 8.27. The number of nitrogens with one attached hydrogen (secondary N) is 1. The number of anilines is 3. The first-order chi connectivity index (χ1) is 14.5. The van der Waals surface area contributed by atoms with E-state index in [2.05, 4.69) is 58.3 Å². The van der Waals surface area contributed by atoms with Gasteiger partial charge in [-0.25, -0.2) is 9.07 Å². The molecule has 3 aromatic rings. The van der Waals surface area contributed by atoms with Crippen LogP contribution in [0.1, 0.15) is 25.3 Å². The fourth-order valence-electron chi connectivity index (χ4n) is 3.55. The zero-order valence-corrected chi connectivity index (χ0v) is 18.8. The molecular formula is C22H26FN5S2. The largest absolute Gasteiger partial charge is 0.367 e. The molecule has 4 rings (SSSR count). The van der Waals surface area contributed by atoms with Gasteiger partial charge in [-0.3, -0.25) is 4.90 Å². The van der Waals surface area contributed by atoms with Crippen LogP contribution < -0.4 is 10.2 Å². The van der Waals surface area contributed by atoms with Crippen LogP contribution >= 0.6 is 23.6 Å². The van der Waals surface area contributed by atoms with E-state index in [1.165, 1.54) is 23.0 Å². The van der Waals surface area contributed by atoms with Crippen molar-refractivity contribution in [3.63, 3.8) is 0 Å². The predicted molar refractivity (Wildman–Crippen MR) is 125 cm³/mol. The Bertz CT molecular complexity index is 1040. The zero-order valence-electron chi connectivity index (χ0n) is 17.2. The summed E-state index contributed by atoms with van der Waals surface area (Å²) >= 11 is 7.00. The molecule has 0 amide bonds. The second kappa shape index (κ2) is 9.24. The maximum atomic E-state index is 14.0. The molecule has 30 heavy (non-hydrogen) atoms. The highest BCUT2D eigenvalue weighted by atomic mass is 32.1. The predicted octanol–water partition coefficient (Wildman–Crippen LogP) is 5.46. The summed E-state index contributed by atoms with van der Waals surface area (Å²) in [7, 11) is 0. The third-order valence-electron chi connectivity index (χ3n) is 5.33. The van der Waals surface area contributed by atoms with Crippen LogP contribution in [0.3, 0.4) is 0 Å². The van der Waals surface area contributed by atoms with Crippen molar-refractivity contribution in [2.75, 3.05) is 36.4 Å². The average Bonchev–Trinajstić information content (AvgIpc) is 3.08. The Morgan fingerprint density at radius 2 is 1.77 bits per heavy atom. The lowest BCUT2D eigenvalue weighted by atomic mass is 10.0. The molecule has 1 fully saturated rings. The van der Waals surface area contributed by atoms with E-state index < -0.39 is 0 Å². The average molecular weight is 444 g/mol. The lowest BCUT2D eigenvalue weighted by Gasteiger charge is -2.35. The highest BCUT2D eigenvalue weighted by Gasteiger charge is 2.20. The van der Waals surface area contributed by atoms with E-state index in [1.807, 2.05) is 16.8 Å². The van der Waals surface area contributed by atoms with Crippen molar-refractivity contribution in [2.45, 2.75) is 26.4 Å². The zero-order chi connectivity index (χ0) is 21.1.